The van der Waals surface area contributed by atoms with Crippen molar-refractivity contribution in [3.05, 3.63) is 41.9 Å². The number of nitrogens with zero attached hydrogens (tertiary/aromatic N) is 1. The van der Waals surface area contributed by atoms with E-state index in [1.54, 1.807) is 12.1 Å². The Morgan fingerprint density at radius 1 is 1.21 bits per heavy atom. The number of furan rings is 1. The van der Waals surface area contributed by atoms with E-state index in [1.807, 2.05) is 32.0 Å². The number of fused-ring (bicyclic) bond motifs is 1. The smallest absolute Gasteiger partial charge is 0.296 e. The van der Waals surface area contributed by atoms with Crippen LogP contribution in [0.2, 0.25) is 0 Å². The Kier molecular flexibility index (Phi) is 2.67. The lowest BCUT2D eigenvalue weighted by Crippen LogP contribution is -2.05. The number of nitrogens with one attached hydrogen (secondary N) is 1. The average molecular weight is 257 g/mol. The number of hydrogen-bond acceptors (Lipinski definition) is 5. The third-order valence-electron chi connectivity index (χ3n) is 2.94. The molecule has 0 radical (unpaired) electrons. The van der Waals surface area contributed by atoms with Crippen LogP contribution in [0.15, 0.2) is 39.2 Å². The average Bonchev–Trinajstić information content (AvgIpc) is 2.94. The largest absolute Gasteiger partial charge is 0.464 e. The van der Waals surface area contributed by atoms with E-state index in [-0.39, 0.29) is 6.04 Å². The molecule has 0 aliphatic rings. The van der Waals surface area contributed by atoms with Gasteiger partial charge in [0.25, 0.3) is 6.01 Å². The van der Waals surface area contributed by atoms with Gasteiger partial charge >= 0.3 is 0 Å². The molecule has 1 unspecified atom stereocenters. The fraction of sp³-hybridized carbons (Fsp3) is 0.214. The van der Waals surface area contributed by atoms with Gasteiger partial charge in [0.15, 0.2) is 5.58 Å². The molecule has 0 fully saturated rings. The zero-order chi connectivity index (χ0) is 13.4. The molecule has 19 heavy (non-hydrogen) atoms. The molecule has 0 amide bonds. The highest BCUT2D eigenvalue weighted by Crippen LogP contribution is 2.25. The summed E-state index contributed by atoms with van der Waals surface area (Å²) in [6.07, 6.45) is 0. The van der Waals surface area contributed by atoms with Gasteiger partial charge in [0.1, 0.15) is 17.0 Å². The standard InChI is InChI=1S/C14H15N3O2/c1-8-3-5-12(18-8)9(2)16-14-17-11-7-10(15)4-6-13(11)19-14/h3-7,9H,15H2,1-2H3,(H,16,17). The maximum atomic E-state index is 5.71. The molecule has 0 aliphatic carbocycles. The Morgan fingerprint density at radius 3 is 2.79 bits per heavy atom. The number of nitrogens with two attached hydrogens (primary N) is 1. The van der Waals surface area contributed by atoms with E-state index in [1.165, 1.54) is 0 Å². The highest BCUT2D eigenvalue weighted by Gasteiger charge is 2.13. The minimum absolute atomic E-state index is 0.0147. The van der Waals surface area contributed by atoms with Crippen molar-refractivity contribution in [1.82, 2.24) is 4.98 Å². The van der Waals surface area contributed by atoms with Gasteiger partial charge in [0.2, 0.25) is 0 Å². The minimum Gasteiger partial charge on any atom is -0.464 e. The maximum Gasteiger partial charge on any atom is 0.296 e. The first-order chi connectivity index (χ1) is 9.11. The number of nitrogen functional groups attached to an aromatic ring is 1. The van der Waals surface area contributed by atoms with Crippen molar-refractivity contribution >= 4 is 22.8 Å². The van der Waals surface area contributed by atoms with Crippen LogP contribution >= 0.6 is 0 Å². The zero-order valence-electron chi connectivity index (χ0n) is 10.8. The second-order valence-electron chi connectivity index (χ2n) is 4.56. The monoisotopic (exact) mass is 257 g/mol. The highest BCUT2D eigenvalue weighted by molar-refractivity contribution is 5.78. The SMILES string of the molecule is Cc1ccc(C(C)Nc2nc3cc(N)ccc3o2)o1. The number of anilines is 2. The van der Waals surface area contributed by atoms with Gasteiger partial charge in [-0.15, -0.1) is 0 Å². The van der Waals surface area contributed by atoms with Crippen molar-refractivity contribution in [1.29, 1.82) is 0 Å². The summed E-state index contributed by atoms with van der Waals surface area (Å²) < 4.78 is 11.2. The molecule has 0 bridgehead atoms. The summed E-state index contributed by atoms with van der Waals surface area (Å²) in [5.41, 5.74) is 7.83. The normalized spacial score (nSPS) is 12.7. The van der Waals surface area contributed by atoms with Crippen LogP contribution in [-0.4, -0.2) is 4.98 Å². The van der Waals surface area contributed by atoms with Crippen LogP contribution < -0.4 is 11.1 Å². The molecule has 98 valence electrons. The first kappa shape index (κ1) is 11.6. The van der Waals surface area contributed by atoms with E-state index in [0.29, 0.717) is 17.3 Å². The number of aryl methyl sites for hydroxylation is 1. The van der Waals surface area contributed by atoms with Gasteiger partial charge in [-0.25, -0.2) is 0 Å². The van der Waals surface area contributed by atoms with E-state index < -0.39 is 0 Å². The van der Waals surface area contributed by atoms with Crippen molar-refractivity contribution in [2.45, 2.75) is 19.9 Å². The second-order valence-corrected chi connectivity index (χ2v) is 4.56. The van der Waals surface area contributed by atoms with Gasteiger partial charge in [0, 0.05) is 5.69 Å². The van der Waals surface area contributed by atoms with Crippen molar-refractivity contribution in [2.75, 3.05) is 11.1 Å². The molecule has 3 N–H and O–H groups in total. The van der Waals surface area contributed by atoms with Crippen LogP contribution in [-0.2, 0) is 0 Å². The van der Waals surface area contributed by atoms with Crippen LogP contribution in [0, 0.1) is 6.92 Å². The van der Waals surface area contributed by atoms with Gasteiger partial charge < -0.3 is 19.9 Å². The second kappa shape index (κ2) is 4.35. The van der Waals surface area contributed by atoms with Crippen LogP contribution in [0.25, 0.3) is 11.1 Å². The molecule has 0 spiro atoms. The molecule has 2 heterocycles. The Morgan fingerprint density at radius 2 is 2.05 bits per heavy atom. The predicted octanol–water partition coefficient (Wildman–Crippen LogP) is 3.48. The zero-order valence-corrected chi connectivity index (χ0v) is 10.8. The van der Waals surface area contributed by atoms with Crippen molar-refractivity contribution in [3.63, 3.8) is 0 Å². The topological polar surface area (TPSA) is 77.2 Å². The molecule has 5 heteroatoms. The lowest BCUT2D eigenvalue weighted by atomic mass is 10.2. The Hall–Kier alpha value is -2.43. The summed E-state index contributed by atoms with van der Waals surface area (Å²) in [5, 5.41) is 3.17. The van der Waals surface area contributed by atoms with Gasteiger partial charge in [-0.3, -0.25) is 0 Å². The van der Waals surface area contributed by atoms with E-state index >= 15 is 0 Å². The quantitative estimate of drug-likeness (QED) is 0.702. The molecule has 3 aromatic rings. The molecule has 5 nitrogen and oxygen atoms in total. The molecule has 1 atom stereocenters. The Balaban J connectivity index is 1.85. The summed E-state index contributed by atoms with van der Waals surface area (Å²) >= 11 is 0. The predicted molar refractivity (Wildman–Crippen MR) is 73.9 cm³/mol. The van der Waals surface area contributed by atoms with E-state index in [4.69, 9.17) is 14.6 Å². The van der Waals surface area contributed by atoms with E-state index in [2.05, 4.69) is 10.3 Å². The highest BCUT2D eigenvalue weighted by atomic mass is 16.4. The minimum atomic E-state index is -0.0147. The third kappa shape index (κ3) is 2.27. The van der Waals surface area contributed by atoms with Crippen LogP contribution in [0.3, 0.4) is 0 Å². The number of benzene rings is 1. The lowest BCUT2D eigenvalue weighted by molar-refractivity contribution is 0.461. The van der Waals surface area contributed by atoms with Crippen LogP contribution in [0.4, 0.5) is 11.7 Å². The lowest BCUT2D eigenvalue weighted by Gasteiger charge is -2.08. The number of aromatic nitrogens is 1. The van der Waals surface area contributed by atoms with Crippen molar-refractivity contribution in [3.8, 4) is 0 Å². The van der Waals surface area contributed by atoms with E-state index in [9.17, 15) is 0 Å². The van der Waals surface area contributed by atoms with Gasteiger partial charge in [0.05, 0.1) is 6.04 Å². The summed E-state index contributed by atoms with van der Waals surface area (Å²) in [7, 11) is 0. The molecule has 0 aliphatic heterocycles. The fourth-order valence-electron chi connectivity index (χ4n) is 1.95. The number of hydrogen-bond donors (Lipinski definition) is 2. The van der Waals surface area contributed by atoms with Gasteiger partial charge in [-0.1, -0.05) is 0 Å². The van der Waals surface area contributed by atoms with Crippen molar-refractivity contribution in [2.24, 2.45) is 0 Å². The summed E-state index contributed by atoms with van der Waals surface area (Å²) in [4.78, 5) is 4.35. The number of oxazole rings is 1. The number of rotatable bonds is 3. The Bertz CT molecular complexity index is 714. The van der Waals surface area contributed by atoms with E-state index in [0.717, 1.165) is 17.0 Å². The summed E-state index contributed by atoms with van der Waals surface area (Å²) in [6, 6.07) is 9.70. The first-order valence-electron chi connectivity index (χ1n) is 6.11. The molecule has 0 saturated heterocycles. The first-order valence-corrected chi connectivity index (χ1v) is 6.11. The van der Waals surface area contributed by atoms with Crippen LogP contribution in [0.1, 0.15) is 24.5 Å². The summed E-state index contributed by atoms with van der Waals surface area (Å²) in [5.74, 6) is 1.73. The van der Waals surface area contributed by atoms with Gasteiger partial charge in [-0.2, -0.15) is 4.98 Å². The van der Waals surface area contributed by atoms with Crippen molar-refractivity contribution < 1.29 is 8.83 Å². The van der Waals surface area contributed by atoms with Crippen LogP contribution in [0.5, 0.6) is 0 Å². The molecule has 1 aromatic carbocycles. The molecule has 2 aromatic heterocycles. The maximum absolute atomic E-state index is 5.71. The summed E-state index contributed by atoms with van der Waals surface area (Å²) in [6.45, 7) is 3.90. The molecule has 3 rings (SSSR count). The molecular weight excluding hydrogens is 242 g/mol. The molecular formula is C14H15N3O2. The van der Waals surface area contributed by atoms with Gasteiger partial charge in [-0.05, 0) is 44.2 Å². The molecule has 0 saturated carbocycles. The fourth-order valence-corrected chi connectivity index (χ4v) is 1.95. The Labute approximate surface area is 110 Å². The third-order valence-corrected chi connectivity index (χ3v) is 2.94.